The van der Waals surface area contributed by atoms with Gasteiger partial charge in [0.1, 0.15) is 12.1 Å². The van der Waals surface area contributed by atoms with Gasteiger partial charge in [-0.2, -0.15) is 0 Å². The molecule has 3 aromatic rings. The number of carbonyl (C=O) groups excluding carboxylic acids is 2. The van der Waals surface area contributed by atoms with Crippen molar-refractivity contribution in [1.82, 2.24) is 9.97 Å². The Hall–Kier alpha value is -3.87. The van der Waals surface area contributed by atoms with Gasteiger partial charge in [0.2, 0.25) is 5.91 Å². The molecule has 0 spiro atoms. The fourth-order valence-corrected chi connectivity index (χ4v) is 2.38. The van der Waals surface area contributed by atoms with Crippen molar-refractivity contribution in [2.45, 2.75) is 6.92 Å². The van der Waals surface area contributed by atoms with Gasteiger partial charge in [-0.25, -0.2) is 14.4 Å². The van der Waals surface area contributed by atoms with Gasteiger partial charge in [0.25, 0.3) is 5.91 Å². The average Bonchev–Trinajstić information content (AvgIpc) is 2.70. The van der Waals surface area contributed by atoms with Crippen molar-refractivity contribution < 1.29 is 14.0 Å². The maximum Gasteiger partial charge on any atom is 0.255 e. The molecule has 0 aliphatic carbocycles. The van der Waals surface area contributed by atoms with Gasteiger partial charge in [0, 0.05) is 41.0 Å². The van der Waals surface area contributed by atoms with Gasteiger partial charge >= 0.3 is 0 Å². The maximum absolute atomic E-state index is 13.0. The van der Waals surface area contributed by atoms with Crippen LogP contribution in [0, 0.1) is 12.7 Å². The van der Waals surface area contributed by atoms with Crippen molar-refractivity contribution >= 4 is 29.3 Å². The first kappa shape index (κ1) is 18.9. The number of hydrogen-bond acceptors (Lipinski definition) is 4. The number of benzene rings is 2. The van der Waals surface area contributed by atoms with E-state index >= 15 is 0 Å². The number of rotatable bonds is 5. The third-order valence-electron chi connectivity index (χ3n) is 3.87. The molecule has 140 valence electrons. The number of aryl methyl sites for hydroxylation is 1. The summed E-state index contributed by atoms with van der Waals surface area (Å²) < 4.78 is 13.0. The highest BCUT2D eigenvalue weighted by Crippen LogP contribution is 2.19. The van der Waals surface area contributed by atoms with Crippen LogP contribution in [0.1, 0.15) is 21.5 Å². The van der Waals surface area contributed by atoms with Crippen molar-refractivity contribution in [2.24, 2.45) is 0 Å². The molecule has 0 bridgehead atoms. The van der Waals surface area contributed by atoms with Gasteiger partial charge in [-0.1, -0.05) is 6.07 Å². The van der Waals surface area contributed by atoms with Gasteiger partial charge in [0.05, 0.1) is 0 Å². The van der Waals surface area contributed by atoms with E-state index in [9.17, 15) is 14.0 Å². The Morgan fingerprint density at radius 1 is 1.00 bits per heavy atom. The van der Waals surface area contributed by atoms with Crippen LogP contribution in [0.3, 0.4) is 0 Å². The fourth-order valence-electron chi connectivity index (χ4n) is 2.38. The molecule has 0 atom stereocenters. The molecule has 2 N–H and O–H groups in total. The lowest BCUT2D eigenvalue weighted by atomic mass is 10.1. The lowest BCUT2D eigenvalue weighted by molar-refractivity contribution is -0.111. The molecule has 28 heavy (non-hydrogen) atoms. The molecule has 0 fully saturated rings. The van der Waals surface area contributed by atoms with E-state index in [0.29, 0.717) is 22.5 Å². The number of amides is 2. The molecule has 3 rings (SSSR count). The monoisotopic (exact) mass is 376 g/mol. The normalized spacial score (nSPS) is 10.6. The smallest absolute Gasteiger partial charge is 0.255 e. The molecule has 1 heterocycles. The number of anilines is 2. The Kier molecular flexibility index (Phi) is 5.86. The van der Waals surface area contributed by atoms with Gasteiger partial charge in [-0.05, 0) is 55.0 Å². The van der Waals surface area contributed by atoms with E-state index in [2.05, 4.69) is 20.6 Å². The van der Waals surface area contributed by atoms with E-state index in [1.54, 1.807) is 36.7 Å². The molecule has 6 nitrogen and oxygen atoms in total. The first-order valence-electron chi connectivity index (χ1n) is 8.43. The van der Waals surface area contributed by atoms with E-state index in [-0.39, 0.29) is 17.6 Å². The molecule has 2 aromatic carbocycles. The van der Waals surface area contributed by atoms with Crippen LogP contribution >= 0.6 is 0 Å². The van der Waals surface area contributed by atoms with E-state index in [1.165, 1.54) is 36.7 Å². The fraction of sp³-hybridized carbons (Fsp3) is 0.0476. The van der Waals surface area contributed by atoms with Gasteiger partial charge in [-0.15, -0.1) is 0 Å². The molecule has 1 aromatic heterocycles. The topological polar surface area (TPSA) is 84.0 Å². The molecular formula is C21H17FN4O2. The van der Waals surface area contributed by atoms with Crippen LogP contribution in [0.5, 0.6) is 0 Å². The van der Waals surface area contributed by atoms with Crippen LogP contribution in [-0.4, -0.2) is 21.8 Å². The van der Waals surface area contributed by atoms with Crippen LogP contribution in [0.4, 0.5) is 15.8 Å². The predicted molar refractivity (Wildman–Crippen MR) is 105 cm³/mol. The number of nitrogens with one attached hydrogen (secondary N) is 2. The summed E-state index contributed by atoms with van der Waals surface area (Å²) in [5.41, 5.74) is 2.87. The van der Waals surface area contributed by atoms with Crippen molar-refractivity contribution in [1.29, 1.82) is 0 Å². The van der Waals surface area contributed by atoms with Crippen LogP contribution < -0.4 is 10.6 Å². The van der Waals surface area contributed by atoms with Crippen LogP contribution in [0.15, 0.2) is 67.3 Å². The number of aromatic nitrogens is 2. The standard InChI is InChI=1S/C21H17FN4O2/c1-14-2-4-16(21(28)25-18-7-5-17(22)6-8-18)10-19(14)26-20(27)9-3-15-11-23-13-24-12-15/h2-13H,1H3,(H,25,28)(H,26,27). The summed E-state index contributed by atoms with van der Waals surface area (Å²) >= 11 is 0. The van der Waals surface area contributed by atoms with Crippen LogP contribution in [0.2, 0.25) is 0 Å². The highest BCUT2D eigenvalue weighted by molar-refractivity contribution is 6.06. The van der Waals surface area contributed by atoms with Crippen molar-refractivity contribution in [3.63, 3.8) is 0 Å². The summed E-state index contributed by atoms with van der Waals surface area (Å²) in [5.74, 6) is -1.09. The number of hydrogen-bond donors (Lipinski definition) is 2. The van der Waals surface area contributed by atoms with Crippen molar-refractivity contribution in [3.8, 4) is 0 Å². The zero-order chi connectivity index (χ0) is 19.9. The summed E-state index contributed by atoms with van der Waals surface area (Å²) in [4.78, 5) is 32.3. The second kappa shape index (κ2) is 8.68. The molecule has 0 saturated heterocycles. The zero-order valence-electron chi connectivity index (χ0n) is 15.0. The number of halogens is 1. The molecule has 0 radical (unpaired) electrons. The lowest BCUT2D eigenvalue weighted by Gasteiger charge is -2.10. The van der Waals surface area contributed by atoms with Gasteiger partial charge in [-0.3, -0.25) is 9.59 Å². The minimum atomic E-state index is -0.381. The Morgan fingerprint density at radius 2 is 1.71 bits per heavy atom. The number of nitrogens with zero attached hydrogens (tertiary/aromatic N) is 2. The Morgan fingerprint density at radius 3 is 2.43 bits per heavy atom. The van der Waals surface area contributed by atoms with Crippen LogP contribution in [-0.2, 0) is 4.79 Å². The minimum absolute atomic E-state index is 0.344. The largest absolute Gasteiger partial charge is 0.322 e. The summed E-state index contributed by atoms with van der Waals surface area (Å²) in [5, 5.41) is 5.44. The predicted octanol–water partition coefficient (Wildman–Crippen LogP) is 3.83. The summed E-state index contributed by atoms with van der Waals surface area (Å²) in [6, 6.07) is 10.5. The summed E-state index contributed by atoms with van der Waals surface area (Å²) in [7, 11) is 0. The minimum Gasteiger partial charge on any atom is -0.322 e. The second-order valence-corrected chi connectivity index (χ2v) is 5.99. The van der Waals surface area contributed by atoms with Gasteiger partial charge < -0.3 is 10.6 Å². The molecule has 0 aliphatic heterocycles. The highest BCUT2D eigenvalue weighted by Gasteiger charge is 2.10. The molecule has 0 aliphatic rings. The summed E-state index contributed by atoms with van der Waals surface area (Å²) in [6.07, 6.45) is 7.54. The molecule has 0 saturated carbocycles. The van der Waals surface area contributed by atoms with E-state index in [4.69, 9.17) is 0 Å². The Labute approximate surface area is 161 Å². The van der Waals surface area contributed by atoms with Gasteiger partial charge in [0.15, 0.2) is 0 Å². The first-order chi connectivity index (χ1) is 13.5. The summed E-state index contributed by atoms with van der Waals surface area (Å²) in [6.45, 7) is 1.83. The van der Waals surface area contributed by atoms with E-state index < -0.39 is 0 Å². The molecular weight excluding hydrogens is 359 g/mol. The van der Waals surface area contributed by atoms with Crippen LogP contribution in [0.25, 0.3) is 6.08 Å². The molecule has 0 unspecified atom stereocenters. The molecule has 7 heteroatoms. The zero-order valence-corrected chi connectivity index (χ0v) is 15.0. The van der Waals surface area contributed by atoms with Crippen molar-refractivity contribution in [2.75, 3.05) is 10.6 Å². The first-order valence-corrected chi connectivity index (χ1v) is 8.43. The second-order valence-electron chi connectivity index (χ2n) is 5.99. The Balaban J connectivity index is 1.70. The highest BCUT2D eigenvalue weighted by atomic mass is 19.1. The van der Waals surface area contributed by atoms with E-state index in [1.807, 2.05) is 6.92 Å². The average molecular weight is 376 g/mol. The van der Waals surface area contributed by atoms with E-state index in [0.717, 1.165) is 5.56 Å². The third-order valence-corrected chi connectivity index (χ3v) is 3.87. The Bertz CT molecular complexity index is 1020. The third kappa shape index (κ3) is 5.07. The quantitative estimate of drug-likeness (QED) is 0.663. The SMILES string of the molecule is Cc1ccc(C(=O)Nc2ccc(F)cc2)cc1NC(=O)C=Cc1cncnc1. The lowest BCUT2D eigenvalue weighted by Crippen LogP contribution is -2.14. The maximum atomic E-state index is 13.0. The van der Waals surface area contributed by atoms with Crippen molar-refractivity contribution in [3.05, 3.63) is 89.8 Å². The number of carbonyl (C=O) groups is 2. The molecule has 2 amide bonds.